The predicted octanol–water partition coefficient (Wildman–Crippen LogP) is 4.52. The van der Waals surface area contributed by atoms with Crippen LogP contribution in [-0.2, 0) is 17.9 Å². The van der Waals surface area contributed by atoms with Crippen LogP contribution in [0.15, 0.2) is 30.6 Å². The fourth-order valence-corrected chi connectivity index (χ4v) is 3.27. The van der Waals surface area contributed by atoms with Crippen molar-refractivity contribution < 1.29 is 4.79 Å². The lowest BCUT2D eigenvalue weighted by Crippen LogP contribution is -2.21. The van der Waals surface area contributed by atoms with Crippen LogP contribution < -0.4 is 16.0 Å². The molecular weight excluding hydrogens is 426 g/mol. The number of nitrogen functional groups attached to an aromatic ring is 1. The van der Waals surface area contributed by atoms with Crippen molar-refractivity contribution in [2.24, 2.45) is 0 Å². The second-order valence-corrected chi connectivity index (χ2v) is 7.10. The number of hydrogen-bond acceptors (Lipinski definition) is 8. The molecule has 0 unspecified atom stereocenters. The van der Waals surface area contributed by atoms with E-state index in [9.17, 15) is 0 Å². The summed E-state index contributed by atoms with van der Waals surface area (Å²) in [4.78, 5) is 27.3. The zero-order valence-corrected chi connectivity index (χ0v) is 20.4. The third kappa shape index (κ3) is 6.88. The highest BCUT2D eigenvalue weighted by molar-refractivity contribution is 6.32. The van der Waals surface area contributed by atoms with Crippen molar-refractivity contribution in [3.63, 3.8) is 0 Å². The van der Waals surface area contributed by atoms with Crippen molar-refractivity contribution in [2.75, 3.05) is 23.0 Å². The first-order valence-electron chi connectivity index (χ1n) is 10.2. The van der Waals surface area contributed by atoms with E-state index in [1.807, 2.05) is 57.0 Å². The molecule has 0 saturated carbocycles. The molecule has 0 radical (unpaired) electrons. The highest BCUT2D eigenvalue weighted by Crippen LogP contribution is 2.32. The van der Waals surface area contributed by atoms with Crippen LogP contribution in [0.4, 0.5) is 17.5 Å². The lowest BCUT2D eigenvalue weighted by atomic mass is 10.0. The average Bonchev–Trinajstić information content (AvgIpc) is 2.80. The predicted molar refractivity (Wildman–Crippen MR) is 132 cm³/mol. The Morgan fingerprint density at radius 3 is 2.41 bits per heavy atom. The van der Waals surface area contributed by atoms with Crippen molar-refractivity contribution in [2.45, 2.75) is 47.7 Å². The number of hydrogen-bond donors (Lipinski definition) is 2. The van der Waals surface area contributed by atoms with Gasteiger partial charge in [0, 0.05) is 19.4 Å². The summed E-state index contributed by atoms with van der Waals surface area (Å²) in [6, 6.07) is 5.79. The van der Waals surface area contributed by atoms with Crippen LogP contribution in [-0.4, -0.2) is 33.8 Å². The fraction of sp³-hybridized carbons (Fsp3) is 0.348. The summed E-state index contributed by atoms with van der Waals surface area (Å²) in [6.07, 6.45) is 3.65. The minimum atomic E-state index is 0.118. The largest absolute Gasteiger partial charge is 0.368 e. The number of carbonyl (C=O) groups excluding carboxylic acids is 1. The van der Waals surface area contributed by atoms with Gasteiger partial charge in [0.15, 0.2) is 11.0 Å². The first kappa shape index (κ1) is 26.8. The molecule has 3 aromatic rings. The van der Waals surface area contributed by atoms with Gasteiger partial charge in [0.05, 0.1) is 24.5 Å². The van der Waals surface area contributed by atoms with Gasteiger partial charge >= 0.3 is 0 Å². The molecule has 0 fully saturated rings. The van der Waals surface area contributed by atoms with Gasteiger partial charge in [0.25, 0.3) is 0 Å². The highest BCUT2D eigenvalue weighted by Gasteiger charge is 2.17. The van der Waals surface area contributed by atoms with Gasteiger partial charge in [-0.1, -0.05) is 31.5 Å². The van der Waals surface area contributed by atoms with Crippen molar-refractivity contribution in [3.05, 3.63) is 63.8 Å². The van der Waals surface area contributed by atoms with Crippen LogP contribution in [0.25, 0.3) is 0 Å². The number of nitrogens with one attached hydrogen (secondary N) is 1. The Morgan fingerprint density at radius 2 is 1.78 bits per heavy atom. The van der Waals surface area contributed by atoms with E-state index in [1.54, 1.807) is 6.20 Å². The summed E-state index contributed by atoms with van der Waals surface area (Å²) < 4.78 is 0. The second kappa shape index (κ2) is 13.2. The van der Waals surface area contributed by atoms with Crippen LogP contribution in [0.2, 0.25) is 5.15 Å². The van der Waals surface area contributed by atoms with E-state index >= 15 is 0 Å². The number of pyridine rings is 2. The van der Waals surface area contributed by atoms with Crippen LogP contribution in [0.3, 0.4) is 0 Å². The zero-order valence-electron chi connectivity index (χ0n) is 19.6. The number of halogens is 1. The van der Waals surface area contributed by atoms with Gasteiger partial charge < -0.3 is 20.7 Å². The maximum Gasteiger partial charge on any atom is 0.223 e. The van der Waals surface area contributed by atoms with Gasteiger partial charge in [-0.3, -0.25) is 9.97 Å². The molecule has 0 aliphatic carbocycles. The van der Waals surface area contributed by atoms with Crippen LogP contribution in [0.5, 0.6) is 0 Å². The Morgan fingerprint density at radius 1 is 1.09 bits per heavy atom. The fourth-order valence-electron chi connectivity index (χ4n) is 2.95. The summed E-state index contributed by atoms with van der Waals surface area (Å²) in [5.41, 5.74) is 11.9. The number of carbonyl (C=O) groups is 1. The molecule has 3 rings (SSSR count). The van der Waals surface area contributed by atoms with Gasteiger partial charge in [0.1, 0.15) is 12.5 Å². The zero-order chi connectivity index (χ0) is 24.3. The molecule has 0 aliphatic rings. The number of nitrogens with two attached hydrogens (primary N) is 1. The average molecular weight is 458 g/mol. The Labute approximate surface area is 195 Å². The summed E-state index contributed by atoms with van der Waals surface area (Å²) in [5.74, 6) is 0.683. The first-order valence-corrected chi connectivity index (χ1v) is 10.6. The number of rotatable bonds is 6. The molecule has 3 aromatic heterocycles. The van der Waals surface area contributed by atoms with Crippen molar-refractivity contribution in [1.82, 2.24) is 19.9 Å². The van der Waals surface area contributed by atoms with E-state index < -0.39 is 0 Å². The molecule has 32 heavy (non-hydrogen) atoms. The lowest BCUT2D eigenvalue weighted by molar-refractivity contribution is -0.0979. The SMILES string of the molecule is C=O.CC.Cc1cnc(CNc2nc(N)nc(Cl)c2N(C)Cc2ccccn2)c(C)c1C. The van der Waals surface area contributed by atoms with Gasteiger partial charge in [-0.25, -0.2) is 0 Å². The molecule has 0 aromatic carbocycles. The Bertz CT molecular complexity index is 999. The van der Waals surface area contributed by atoms with Crippen LogP contribution in [0, 0.1) is 20.8 Å². The summed E-state index contributed by atoms with van der Waals surface area (Å²) in [6.45, 7) is 13.3. The van der Waals surface area contributed by atoms with Crippen molar-refractivity contribution in [3.8, 4) is 0 Å². The Kier molecular flexibility index (Phi) is 11.1. The van der Waals surface area contributed by atoms with E-state index in [1.165, 1.54) is 11.1 Å². The maximum atomic E-state index is 8.00. The Balaban J connectivity index is 0.00000121. The third-order valence-corrected chi connectivity index (χ3v) is 5.05. The minimum absolute atomic E-state index is 0.118. The van der Waals surface area contributed by atoms with Crippen LogP contribution >= 0.6 is 11.6 Å². The molecule has 0 bridgehead atoms. The molecule has 8 nitrogen and oxygen atoms in total. The van der Waals surface area contributed by atoms with Gasteiger partial charge in [-0.2, -0.15) is 9.97 Å². The third-order valence-electron chi connectivity index (χ3n) is 4.79. The molecule has 3 N–H and O–H groups in total. The van der Waals surface area contributed by atoms with E-state index in [4.69, 9.17) is 22.1 Å². The Hall–Kier alpha value is -3.26. The molecule has 172 valence electrons. The molecule has 0 spiro atoms. The number of aryl methyl sites for hydroxylation is 1. The van der Waals surface area contributed by atoms with Gasteiger partial charge in [-0.05, 0) is 49.6 Å². The monoisotopic (exact) mass is 457 g/mol. The molecule has 3 heterocycles. The van der Waals surface area contributed by atoms with E-state index in [0.29, 0.717) is 24.6 Å². The summed E-state index contributed by atoms with van der Waals surface area (Å²) in [5, 5.41) is 3.62. The highest BCUT2D eigenvalue weighted by atomic mass is 35.5. The van der Waals surface area contributed by atoms with Crippen molar-refractivity contribution >= 4 is 35.8 Å². The van der Waals surface area contributed by atoms with Crippen molar-refractivity contribution in [1.29, 1.82) is 0 Å². The molecular formula is C23H32ClN7O. The number of anilines is 3. The quantitative estimate of drug-likeness (QED) is 0.520. The van der Waals surface area contributed by atoms with E-state index in [2.05, 4.69) is 46.0 Å². The summed E-state index contributed by atoms with van der Waals surface area (Å²) in [7, 11) is 1.92. The standard InChI is InChI=1S/C20H24ClN7.C2H6.CH2O/c1-12-9-24-16(14(3)13(12)2)10-25-19-17(18(21)26-20(22)27-19)28(4)11-15-7-5-6-8-23-15;2*1-2/h5-9H,10-11H2,1-4H3,(H3,22,25,26,27);1-2H3;1H2. The minimum Gasteiger partial charge on any atom is -0.368 e. The molecule has 0 saturated heterocycles. The second-order valence-electron chi connectivity index (χ2n) is 6.74. The molecule has 0 atom stereocenters. The van der Waals surface area contributed by atoms with Crippen LogP contribution in [0.1, 0.15) is 41.9 Å². The lowest BCUT2D eigenvalue weighted by Gasteiger charge is -2.23. The van der Waals surface area contributed by atoms with Gasteiger partial charge in [-0.15, -0.1) is 0 Å². The van der Waals surface area contributed by atoms with E-state index in [0.717, 1.165) is 17.0 Å². The number of aromatic nitrogens is 4. The molecule has 9 heteroatoms. The number of nitrogens with zero attached hydrogens (tertiary/aromatic N) is 5. The first-order chi connectivity index (χ1) is 15.4. The van der Waals surface area contributed by atoms with E-state index in [-0.39, 0.29) is 11.1 Å². The molecule has 0 amide bonds. The smallest absolute Gasteiger partial charge is 0.223 e. The topological polar surface area (TPSA) is 110 Å². The molecule has 0 aliphatic heterocycles. The summed E-state index contributed by atoms with van der Waals surface area (Å²) >= 11 is 6.41. The normalized spacial score (nSPS) is 9.72. The maximum absolute atomic E-state index is 8.00. The van der Waals surface area contributed by atoms with Gasteiger partial charge in [0.2, 0.25) is 5.95 Å².